The van der Waals surface area contributed by atoms with Crippen molar-refractivity contribution in [2.45, 2.75) is 6.42 Å². The number of nitrogens with one attached hydrogen (secondary N) is 1. The number of carbonyl (C=O) groups is 2. The summed E-state index contributed by atoms with van der Waals surface area (Å²) in [5.74, 6) is -1.01. The maximum atomic E-state index is 11.9. The number of halogens is 1. The number of hydrogen-bond donors (Lipinski definition) is 1. The van der Waals surface area contributed by atoms with Crippen LogP contribution in [-0.2, 0) is 19.6 Å². The normalized spacial score (nSPS) is 18.1. The number of amides is 2. The van der Waals surface area contributed by atoms with E-state index in [9.17, 15) is 18.0 Å². The van der Waals surface area contributed by atoms with E-state index in [1.165, 1.54) is 4.90 Å². The second-order valence-electron chi connectivity index (χ2n) is 5.26. The van der Waals surface area contributed by atoms with Gasteiger partial charge in [0.2, 0.25) is 21.8 Å². The number of rotatable bonds is 6. The van der Waals surface area contributed by atoms with Crippen LogP contribution in [-0.4, -0.2) is 51.1 Å². The van der Waals surface area contributed by atoms with Crippen molar-refractivity contribution in [3.05, 3.63) is 29.3 Å². The van der Waals surface area contributed by atoms with Crippen molar-refractivity contribution in [2.75, 3.05) is 26.0 Å². The third-order valence-electron chi connectivity index (χ3n) is 3.33. The predicted molar refractivity (Wildman–Crippen MR) is 84.6 cm³/mol. The first-order valence-corrected chi connectivity index (χ1v) is 9.20. The molecule has 2 rings (SSSR count). The van der Waals surface area contributed by atoms with Gasteiger partial charge in [0.05, 0.1) is 23.7 Å². The van der Waals surface area contributed by atoms with Crippen LogP contribution in [0.4, 0.5) is 0 Å². The van der Waals surface area contributed by atoms with Gasteiger partial charge in [-0.1, -0.05) is 23.7 Å². The van der Waals surface area contributed by atoms with Crippen molar-refractivity contribution >= 4 is 33.4 Å². The molecular formula is C14H17ClN2O5S. The van der Waals surface area contributed by atoms with Crippen molar-refractivity contribution < 1.29 is 22.7 Å². The Balaban J connectivity index is 1.84. The van der Waals surface area contributed by atoms with Crippen LogP contribution in [0.1, 0.15) is 6.42 Å². The summed E-state index contributed by atoms with van der Waals surface area (Å²) in [6.45, 7) is 0.703. The lowest BCUT2D eigenvalue weighted by Crippen LogP contribution is -2.36. The number of benzene rings is 1. The lowest BCUT2D eigenvalue weighted by molar-refractivity contribution is -0.128. The van der Waals surface area contributed by atoms with Gasteiger partial charge in [0.25, 0.3) is 0 Å². The molecule has 1 atom stereocenters. The number of carbonyl (C=O) groups excluding carboxylic acids is 2. The Morgan fingerprint density at radius 1 is 1.43 bits per heavy atom. The molecule has 7 nitrogen and oxygen atoms in total. The van der Waals surface area contributed by atoms with Gasteiger partial charge in [-0.2, -0.15) is 0 Å². The first-order chi connectivity index (χ1) is 10.8. The molecule has 0 spiro atoms. The van der Waals surface area contributed by atoms with Crippen molar-refractivity contribution in [2.24, 2.45) is 5.92 Å². The summed E-state index contributed by atoms with van der Waals surface area (Å²) in [4.78, 5) is 25.1. The minimum absolute atomic E-state index is 0.00650. The number of likely N-dealkylation sites (tertiary alicyclic amines) is 1. The quantitative estimate of drug-likeness (QED) is 0.803. The lowest BCUT2D eigenvalue weighted by Gasteiger charge is -2.17. The molecule has 0 aliphatic carbocycles. The topological polar surface area (TPSA) is 92.8 Å². The smallest absolute Gasteiger partial charge is 0.238 e. The van der Waals surface area contributed by atoms with E-state index in [0.717, 1.165) is 6.26 Å². The Labute approximate surface area is 139 Å². The Hall–Kier alpha value is -1.80. The zero-order chi connectivity index (χ0) is 17.0. The summed E-state index contributed by atoms with van der Waals surface area (Å²) in [7, 11) is -3.62. The summed E-state index contributed by atoms with van der Waals surface area (Å²) in [5, 5.41) is 0.477. The highest BCUT2D eigenvalue weighted by Gasteiger charge is 2.35. The van der Waals surface area contributed by atoms with Gasteiger partial charge in [0, 0.05) is 13.0 Å². The van der Waals surface area contributed by atoms with Gasteiger partial charge in [-0.05, 0) is 12.1 Å². The molecule has 23 heavy (non-hydrogen) atoms. The Morgan fingerprint density at radius 2 is 2.13 bits per heavy atom. The largest absolute Gasteiger partial charge is 0.490 e. The Bertz CT molecular complexity index is 707. The second-order valence-corrected chi connectivity index (χ2v) is 7.41. The monoisotopic (exact) mass is 360 g/mol. The van der Waals surface area contributed by atoms with E-state index in [4.69, 9.17) is 16.3 Å². The molecule has 1 heterocycles. The van der Waals surface area contributed by atoms with E-state index in [1.807, 2.05) is 4.72 Å². The fourth-order valence-electron chi connectivity index (χ4n) is 2.26. The van der Waals surface area contributed by atoms with Crippen molar-refractivity contribution in [3.63, 3.8) is 0 Å². The molecule has 1 unspecified atom stereocenters. The SMILES string of the molecule is CS(=O)(=O)NC(=O)C1CC(=O)N(CCOc2ccccc2Cl)C1. The van der Waals surface area contributed by atoms with Gasteiger partial charge in [0.15, 0.2) is 0 Å². The molecule has 1 N–H and O–H groups in total. The van der Waals surface area contributed by atoms with E-state index >= 15 is 0 Å². The zero-order valence-corrected chi connectivity index (χ0v) is 14.1. The summed E-state index contributed by atoms with van der Waals surface area (Å²) >= 11 is 5.96. The van der Waals surface area contributed by atoms with Gasteiger partial charge >= 0.3 is 0 Å². The summed E-state index contributed by atoms with van der Waals surface area (Å²) < 4.78 is 29.5. The molecule has 1 aromatic rings. The van der Waals surface area contributed by atoms with Gasteiger partial charge < -0.3 is 9.64 Å². The van der Waals surface area contributed by atoms with Crippen molar-refractivity contribution in [1.29, 1.82) is 0 Å². The molecule has 0 radical (unpaired) electrons. The first kappa shape index (κ1) is 17.6. The minimum atomic E-state index is -3.62. The maximum Gasteiger partial charge on any atom is 0.238 e. The number of nitrogens with zero attached hydrogens (tertiary/aromatic N) is 1. The molecule has 1 fully saturated rings. The van der Waals surface area contributed by atoms with Crippen LogP contribution >= 0.6 is 11.6 Å². The highest BCUT2D eigenvalue weighted by Crippen LogP contribution is 2.23. The van der Waals surface area contributed by atoms with E-state index < -0.39 is 21.8 Å². The van der Waals surface area contributed by atoms with Crippen LogP contribution in [0.2, 0.25) is 5.02 Å². The highest BCUT2D eigenvalue weighted by molar-refractivity contribution is 7.89. The maximum absolute atomic E-state index is 11.9. The van der Waals surface area contributed by atoms with E-state index in [-0.39, 0.29) is 25.5 Å². The Kier molecular flexibility index (Phi) is 5.48. The number of sulfonamides is 1. The summed E-state index contributed by atoms with van der Waals surface area (Å²) in [5.41, 5.74) is 0. The van der Waals surface area contributed by atoms with Gasteiger partial charge in [-0.25, -0.2) is 8.42 Å². The van der Waals surface area contributed by atoms with Crippen molar-refractivity contribution in [3.8, 4) is 5.75 Å². The van der Waals surface area contributed by atoms with Crippen LogP contribution in [0.25, 0.3) is 0 Å². The molecule has 1 aromatic carbocycles. The van der Waals surface area contributed by atoms with Crippen molar-refractivity contribution in [1.82, 2.24) is 9.62 Å². The average molecular weight is 361 g/mol. The zero-order valence-electron chi connectivity index (χ0n) is 12.5. The third kappa shape index (κ3) is 5.11. The highest BCUT2D eigenvalue weighted by atomic mass is 35.5. The van der Waals surface area contributed by atoms with Crippen LogP contribution in [0.15, 0.2) is 24.3 Å². The second kappa shape index (κ2) is 7.18. The van der Waals surface area contributed by atoms with E-state index in [1.54, 1.807) is 24.3 Å². The molecule has 1 saturated heterocycles. The van der Waals surface area contributed by atoms with Crippen LogP contribution < -0.4 is 9.46 Å². The number of para-hydroxylation sites is 1. The van der Waals surface area contributed by atoms with Crippen LogP contribution in [0.5, 0.6) is 5.75 Å². The van der Waals surface area contributed by atoms with Gasteiger partial charge in [0.1, 0.15) is 12.4 Å². The standard InChI is InChI=1S/C14H17ClN2O5S/c1-23(20,21)16-14(19)10-8-13(18)17(9-10)6-7-22-12-5-3-2-4-11(12)15/h2-5,10H,6-9H2,1H3,(H,16,19). The van der Waals surface area contributed by atoms with E-state index in [2.05, 4.69) is 0 Å². The van der Waals surface area contributed by atoms with E-state index in [0.29, 0.717) is 17.3 Å². The fraction of sp³-hybridized carbons (Fsp3) is 0.429. The number of hydrogen-bond acceptors (Lipinski definition) is 5. The third-order valence-corrected chi connectivity index (χ3v) is 4.21. The predicted octanol–water partition coefficient (Wildman–Crippen LogP) is 0.643. The van der Waals surface area contributed by atoms with Crippen LogP contribution in [0.3, 0.4) is 0 Å². The summed E-state index contributed by atoms with van der Waals surface area (Å²) in [6.07, 6.45) is 0.893. The van der Waals surface area contributed by atoms with Gasteiger partial charge in [-0.3, -0.25) is 14.3 Å². The minimum Gasteiger partial charge on any atom is -0.490 e. The fourth-order valence-corrected chi connectivity index (χ4v) is 2.98. The Morgan fingerprint density at radius 3 is 2.78 bits per heavy atom. The molecule has 0 bridgehead atoms. The molecule has 1 aliphatic heterocycles. The lowest BCUT2D eigenvalue weighted by atomic mass is 10.1. The first-order valence-electron chi connectivity index (χ1n) is 6.93. The molecule has 126 valence electrons. The summed E-state index contributed by atoms with van der Waals surface area (Å²) in [6, 6.07) is 6.98. The molecule has 9 heteroatoms. The molecule has 0 saturated carbocycles. The van der Waals surface area contributed by atoms with Crippen LogP contribution in [0, 0.1) is 5.92 Å². The molecule has 1 aliphatic rings. The van der Waals surface area contributed by atoms with Gasteiger partial charge in [-0.15, -0.1) is 0 Å². The molecule has 0 aromatic heterocycles. The average Bonchev–Trinajstić information content (AvgIpc) is 2.81. The number of ether oxygens (including phenoxy) is 1. The molecule has 2 amide bonds. The molecular weight excluding hydrogens is 344 g/mol.